The molecule has 2 heterocycles. The Morgan fingerprint density at radius 3 is 2.55 bits per heavy atom. The van der Waals surface area contributed by atoms with Crippen molar-refractivity contribution < 1.29 is 0 Å². The first-order valence-electron chi connectivity index (χ1n) is 6.17. The van der Waals surface area contributed by atoms with Gasteiger partial charge in [0, 0.05) is 24.8 Å². The molecule has 20 heavy (non-hydrogen) atoms. The molecule has 3 aromatic rings. The van der Waals surface area contributed by atoms with Gasteiger partial charge in [-0.05, 0) is 30.3 Å². The summed E-state index contributed by atoms with van der Waals surface area (Å²) in [6.45, 7) is 1.97. The maximum absolute atomic E-state index is 4.50. The number of hydrogen-bond donors (Lipinski definition) is 1. The van der Waals surface area contributed by atoms with E-state index in [9.17, 15) is 0 Å². The molecule has 5 nitrogen and oxygen atoms in total. The number of aryl methyl sites for hydroxylation is 1. The molecule has 0 amide bonds. The molecular formula is C14H13N5S. The number of aromatic nitrogens is 4. The van der Waals surface area contributed by atoms with Crippen molar-refractivity contribution in [3.63, 3.8) is 0 Å². The van der Waals surface area contributed by atoms with Crippen LogP contribution in [0.3, 0.4) is 0 Å². The highest BCUT2D eigenvalue weighted by atomic mass is 32.2. The molecule has 100 valence electrons. The Labute approximate surface area is 120 Å². The zero-order valence-electron chi connectivity index (χ0n) is 11.2. The van der Waals surface area contributed by atoms with Crippen molar-refractivity contribution in [3.8, 4) is 0 Å². The van der Waals surface area contributed by atoms with Gasteiger partial charge in [-0.2, -0.15) is 0 Å². The van der Waals surface area contributed by atoms with E-state index in [0.29, 0.717) is 11.1 Å². The summed E-state index contributed by atoms with van der Waals surface area (Å²) in [7, 11) is 1.81. The van der Waals surface area contributed by atoms with Crippen LogP contribution in [-0.2, 0) is 0 Å². The van der Waals surface area contributed by atoms with Gasteiger partial charge in [-0.1, -0.05) is 18.2 Å². The molecule has 0 bridgehead atoms. The zero-order chi connectivity index (χ0) is 13.9. The second-order valence-corrected chi connectivity index (χ2v) is 5.22. The number of para-hydroxylation sites is 1. The number of fused-ring (bicyclic) bond motifs is 1. The van der Waals surface area contributed by atoms with E-state index in [-0.39, 0.29) is 0 Å². The summed E-state index contributed by atoms with van der Waals surface area (Å²) in [5.41, 5.74) is 1.94. The summed E-state index contributed by atoms with van der Waals surface area (Å²) in [5, 5.41) is 5.51. The lowest BCUT2D eigenvalue weighted by Crippen LogP contribution is -1.98. The zero-order valence-corrected chi connectivity index (χ0v) is 12.0. The Morgan fingerprint density at radius 2 is 1.80 bits per heavy atom. The molecule has 0 spiro atoms. The van der Waals surface area contributed by atoms with Crippen LogP contribution in [0.25, 0.3) is 10.9 Å². The minimum atomic E-state index is 0.596. The van der Waals surface area contributed by atoms with E-state index in [0.717, 1.165) is 21.5 Å². The third-order valence-corrected chi connectivity index (χ3v) is 3.64. The molecule has 0 fully saturated rings. The second kappa shape index (κ2) is 5.42. The molecule has 2 aromatic heterocycles. The number of rotatable bonds is 3. The first-order chi connectivity index (χ1) is 9.76. The molecule has 0 saturated carbocycles. The quantitative estimate of drug-likeness (QED) is 0.589. The van der Waals surface area contributed by atoms with Crippen molar-refractivity contribution >= 4 is 28.6 Å². The van der Waals surface area contributed by atoms with Crippen LogP contribution in [0.5, 0.6) is 0 Å². The highest BCUT2D eigenvalue weighted by Crippen LogP contribution is 2.29. The lowest BCUT2D eigenvalue weighted by Gasteiger charge is -2.07. The van der Waals surface area contributed by atoms with Gasteiger partial charge in [0.1, 0.15) is 5.03 Å². The summed E-state index contributed by atoms with van der Waals surface area (Å²) in [5.74, 6) is 0.596. The monoisotopic (exact) mass is 283 g/mol. The van der Waals surface area contributed by atoms with Crippen molar-refractivity contribution in [3.05, 3.63) is 42.2 Å². The molecule has 0 aliphatic carbocycles. The second-order valence-electron chi connectivity index (χ2n) is 4.26. The van der Waals surface area contributed by atoms with Crippen molar-refractivity contribution in [1.29, 1.82) is 0 Å². The maximum atomic E-state index is 4.50. The Morgan fingerprint density at radius 1 is 1.05 bits per heavy atom. The SMILES string of the molecule is CNc1nc(Sc2ncc(C)cn2)c2ccccc2n1. The van der Waals surface area contributed by atoms with Crippen LogP contribution in [0.15, 0.2) is 46.8 Å². The summed E-state index contributed by atoms with van der Waals surface area (Å²) < 4.78 is 0. The van der Waals surface area contributed by atoms with Gasteiger partial charge in [-0.25, -0.2) is 19.9 Å². The number of anilines is 1. The summed E-state index contributed by atoms with van der Waals surface area (Å²) in [6, 6.07) is 7.92. The van der Waals surface area contributed by atoms with E-state index in [1.54, 1.807) is 19.4 Å². The molecule has 0 atom stereocenters. The van der Waals surface area contributed by atoms with Gasteiger partial charge < -0.3 is 5.32 Å². The van der Waals surface area contributed by atoms with E-state index >= 15 is 0 Å². The van der Waals surface area contributed by atoms with Gasteiger partial charge >= 0.3 is 0 Å². The van der Waals surface area contributed by atoms with E-state index in [4.69, 9.17) is 0 Å². The Balaban J connectivity index is 2.07. The van der Waals surface area contributed by atoms with E-state index < -0.39 is 0 Å². The summed E-state index contributed by atoms with van der Waals surface area (Å²) in [4.78, 5) is 17.5. The Hall–Kier alpha value is -2.21. The van der Waals surface area contributed by atoms with Crippen molar-refractivity contribution in [2.75, 3.05) is 12.4 Å². The standard InChI is InChI=1S/C14H13N5S/c1-9-7-16-14(17-8-9)20-12-10-5-3-4-6-11(10)18-13(15-2)19-12/h3-8H,1-2H3,(H,15,18,19). The molecular weight excluding hydrogens is 270 g/mol. The smallest absolute Gasteiger partial charge is 0.224 e. The van der Waals surface area contributed by atoms with Crippen molar-refractivity contribution in [2.45, 2.75) is 17.1 Å². The van der Waals surface area contributed by atoms with Gasteiger partial charge in [0.2, 0.25) is 5.95 Å². The fourth-order valence-corrected chi connectivity index (χ4v) is 2.56. The van der Waals surface area contributed by atoms with Crippen LogP contribution >= 0.6 is 11.8 Å². The van der Waals surface area contributed by atoms with Crippen molar-refractivity contribution in [2.24, 2.45) is 0 Å². The minimum absolute atomic E-state index is 0.596. The molecule has 0 saturated heterocycles. The fourth-order valence-electron chi connectivity index (χ4n) is 1.76. The number of nitrogens with zero attached hydrogens (tertiary/aromatic N) is 4. The number of hydrogen-bond acceptors (Lipinski definition) is 6. The van der Waals surface area contributed by atoms with Crippen molar-refractivity contribution in [1.82, 2.24) is 19.9 Å². The largest absolute Gasteiger partial charge is 0.357 e. The molecule has 1 N–H and O–H groups in total. The number of nitrogens with one attached hydrogen (secondary N) is 1. The minimum Gasteiger partial charge on any atom is -0.357 e. The molecule has 6 heteroatoms. The highest BCUT2D eigenvalue weighted by molar-refractivity contribution is 7.99. The molecule has 0 aliphatic heterocycles. The highest BCUT2D eigenvalue weighted by Gasteiger charge is 2.09. The number of benzene rings is 1. The third-order valence-electron chi connectivity index (χ3n) is 2.74. The van der Waals surface area contributed by atoms with Crippen LogP contribution < -0.4 is 5.32 Å². The van der Waals surface area contributed by atoms with Crippen LogP contribution in [0, 0.1) is 6.92 Å². The van der Waals surface area contributed by atoms with Gasteiger partial charge in [-0.3, -0.25) is 0 Å². The topological polar surface area (TPSA) is 63.6 Å². The van der Waals surface area contributed by atoms with Crippen LogP contribution in [0.4, 0.5) is 5.95 Å². The summed E-state index contributed by atoms with van der Waals surface area (Å²) in [6.07, 6.45) is 3.61. The predicted octanol–water partition coefficient (Wildman–Crippen LogP) is 2.92. The average Bonchev–Trinajstić information content (AvgIpc) is 2.49. The lowest BCUT2D eigenvalue weighted by molar-refractivity contribution is 0.945. The first kappa shape index (κ1) is 12.8. The van der Waals surface area contributed by atoms with Crippen LogP contribution in [0.2, 0.25) is 0 Å². The molecule has 3 rings (SSSR count). The van der Waals surface area contributed by atoms with Crippen LogP contribution in [0.1, 0.15) is 5.56 Å². The third kappa shape index (κ3) is 2.55. The molecule has 0 radical (unpaired) electrons. The fraction of sp³-hybridized carbons (Fsp3) is 0.143. The Kier molecular flexibility index (Phi) is 3.47. The maximum Gasteiger partial charge on any atom is 0.224 e. The Bertz CT molecular complexity index is 742. The van der Waals surface area contributed by atoms with Crippen LogP contribution in [-0.4, -0.2) is 27.0 Å². The van der Waals surface area contributed by atoms with Gasteiger partial charge in [0.05, 0.1) is 5.52 Å². The normalized spacial score (nSPS) is 10.7. The van der Waals surface area contributed by atoms with E-state index in [2.05, 4.69) is 25.3 Å². The predicted molar refractivity (Wildman–Crippen MR) is 80.0 cm³/mol. The lowest BCUT2D eigenvalue weighted by atomic mass is 10.2. The molecule has 1 aromatic carbocycles. The summed E-state index contributed by atoms with van der Waals surface area (Å²) >= 11 is 1.44. The van der Waals surface area contributed by atoms with Gasteiger partial charge in [0.25, 0.3) is 0 Å². The van der Waals surface area contributed by atoms with E-state index in [1.807, 2.05) is 31.2 Å². The van der Waals surface area contributed by atoms with Gasteiger partial charge in [-0.15, -0.1) is 0 Å². The van der Waals surface area contributed by atoms with E-state index in [1.165, 1.54) is 11.8 Å². The first-order valence-corrected chi connectivity index (χ1v) is 6.99. The van der Waals surface area contributed by atoms with Gasteiger partial charge in [0.15, 0.2) is 5.16 Å². The molecule has 0 aliphatic rings. The average molecular weight is 283 g/mol. The molecule has 0 unspecified atom stereocenters.